The molecular weight excluding hydrogens is 708 g/mol. The maximum Gasteiger partial charge on any atom is 0.224 e. The number of rotatable bonds is 8. The lowest BCUT2D eigenvalue weighted by atomic mass is 9.69. The van der Waals surface area contributed by atoms with Gasteiger partial charge in [0.1, 0.15) is 0 Å². The third kappa shape index (κ3) is 5.86. The number of ether oxygens (including phenoxy) is 1. The van der Waals surface area contributed by atoms with Gasteiger partial charge in [0.2, 0.25) is 5.28 Å². The Balaban J connectivity index is 1.58. The highest BCUT2D eigenvalue weighted by atomic mass is 127. The van der Waals surface area contributed by atoms with Crippen molar-refractivity contribution < 1.29 is 18.2 Å². The number of hydrogen-bond donors (Lipinski definition) is 1. The second-order valence-electron chi connectivity index (χ2n) is 7.92. The summed E-state index contributed by atoms with van der Waals surface area (Å²) in [4.78, 5) is 12.1. The van der Waals surface area contributed by atoms with Crippen LogP contribution in [-0.2, 0) is 18.7 Å². The van der Waals surface area contributed by atoms with Crippen LogP contribution in [-0.4, -0.2) is 54.6 Å². The molecule has 1 saturated heterocycles. The van der Waals surface area contributed by atoms with Crippen molar-refractivity contribution in [2.75, 3.05) is 44.4 Å². The molecule has 0 radical (unpaired) electrons. The van der Waals surface area contributed by atoms with Crippen molar-refractivity contribution in [1.29, 1.82) is 0 Å². The van der Waals surface area contributed by atoms with E-state index in [2.05, 4.69) is 57.3 Å². The first-order valence-corrected chi connectivity index (χ1v) is 17.6. The average molecular weight is 730 g/mol. The van der Waals surface area contributed by atoms with Crippen molar-refractivity contribution in [1.82, 2.24) is 9.97 Å². The second-order valence-corrected chi connectivity index (χ2v) is 12.2. The minimum Gasteiger partial charge on any atom is -0.384 e. The molecule has 7 nitrogen and oxygen atoms in total. The maximum absolute atomic E-state index is 11.6. The lowest BCUT2D eigenvalue weighted by Crippen LogP contribution is -2.41. The summed E-state index contributed by atoms with van der Waals surface area (Å²) in [5.74, 6) is 0.836. The highest BCUT2D eigenvalue weighted by Crippen LogP contribution is 2.50. The standard InChI is InChI=1S/C18H22ClI2N3O4S3/c19-16-22-12-9-13(29-14(12)15(23-16)24-5-7-26-8-6-24)18(25)3-1-17(2-4-18,10-27-30-20)11-28-31-21/h9,25H,1-8,10-11H2. The van der Waals surface area contributed by atoms with Crippen LogP contribution in [0.1, 0.15) is 30.6 Å². The molecule has 1 aliphatic carbocycles. The zero-order chi connectivity index (χ0) is 21.9. The van der Waals surface area contributed by atoms with Gasteiger partial charge in [0.05, 0.1) is 60.7 Å². The number of halogens is 3. The molecule has 1 aliphatic heterocycles. The molecular formula is C18H22ClI2N3O4S3. The molecule has 2 aliphatic rings. The van der Waals surface area contributed by atoms with E-state index in [0.29, 0.717) is 39.3 Å². The van der Waals surface area contributed by atoms with E-state index in [4.69, 9.17) is 24.7 Å². The lowest BCUT2D eigenvalue weighted by Gasteiger charge is -2.42. The zero-order valence-corrected chi connectivity index (χ0v) is 24.0. The number of anilines is 1. The van der Waals surface area contributed by atoms with Crippen LogP contribution in [0.5, 0.6) is 0 Å². The van der Waals surface area contributed by atoms with Gasteiger partial charge in [-0.1, -0.05) is 0 Å². The van der Waals surface area contributed by atoms with Gasteiger partial charge in [-0.3, -0.25) is 0 Å². The lowest BCUT2D eigenvalue weighted by molar-refractivity contribution is -0.0572. The minimum absolute atomic E-state index is 0.0820. The van der Waals surface area contributed by atoms with Crippen LogP contribution in [0.4, 0.5) is 5.82 Å². The maximum atomic E-state index is 11.6. The Morgan fingerprint density at radius 2 is 1.77 bits per heavy atom. The smallest absolute Gasteiger partial charge is 0.224 e. The third-order valence-corrected chi connectivity index (χ3v) is 9.47. The number of aromatic nitrogens is 2. The topological polar surface area (TPSA) is 76.9 Å². The van der Waals surface area contributed by atoms with E-state index in [-0.39, 0.29) is 10.7 Å². The molecule has 2 aromatic rings. The van der Waals surface area contributed by atoms with Crippen LogP contribution in [0.2, 0.25) is 5.28 Å². The normalized spacial score (nSPS) is 21.0. The van der Waals surface area contributed by atoms with Crippen molar-refractivity contribution in [3.63, 3.8) is 0 Å². The molecule has 2 aromatic heterocycles. The Morgan fingerprint density at radius 1 is 1.13 bits per heavy atom. The largest absolute Gasteiger partial charge is 0.384 e. The molecule has 0 bridgehead atoms. The van der Waals surface area contributed by atoms with E-state index in [1.165, 1.54) is 18.4 Å². The van der Waals surface area contributed by atoms with Crippen LogP contribution in [0.3, 0.4) is 0 Å². The summed E-state index contributed by atoms with van der Waals surface area (Å²) in [6.07, 6.45) is 2.96. The number of hydrogen-bond acceptors (Lipinski definition) is 10. The van der Waals surface area contributed by atoms with Crippen LogP contribution in [0.15, 0.2) is 6.07 Å². The van der Waals surface area contributed by atoms with Gasteiger partial charge in [0, 0.05) is 65.8 Å². The molecule has 2 fully saturated rings. The fraction of sp³-hybridized carbons (Fsp3) is 0.667. The first-order valence-electron chi connectivity index (χ1n) is 9.82. The Bertz CT molecular complexity index is 885. The van der Waals surface area contributed by atoms with Gasteiger partial charge in [-0.25, -0.2) is 4.98 Å². The van der Waals surface area contributed by atoms with E-state index in [1.54, 1.807) is 11.3 Å². The van der Waals surface area contributed by atoms with Gasteiger partial charge < -0.3 is 23.1 Å². The quantitative estimate of drug-likeness (QED) is 0.201. The molecule has 1 saturated carbocycles. The van der Waals surface area contributed by atoms with Gasteiger partial charge in [-0.2, -0.15) is 4.98 Å². The number of nitrogens with zero attached hydrogens (tertiary/aromatic N) is 3. The van der Waals surface area contributed by atoms with Crippen LogP contribution in [0, 0.1) is 5.41 Å². The van der Waals surface area contributed by atoms with Gasteiger partial charge in [0.15, 0.2) is 5.82 Å². The molecule has 31 heavy (non-hydrogen) atoms. The Labute approximate surface area is 223 Å². The van der Waals surface area contributed by atoms with E-state index in [9.17, 15) is 5.11 Å². The van der Waals surface area contributed by atoms with Crippen LogP contribution >= 0.6 is 83.8 Å². The average Bonchev–Trinajstić information content (AvgIpc) is 3.23. The van der Waals surface area contributed by atoms with Crippen molar-refractivity contribution in [2.24, 2.45) is 5.41 Å². The summed E-state index contributed by atoms with van der Waals surface area (Å²) in [5.41, 5.74) is -0.180. The molecule has 0 aromatic carbocycles. The summed E-state index contributed by atoms with van der Waals surface area (Å²) in [6.45, 7) is 4.11. The van der Waals surface area contributed by atoms with E-state index in [0.717, 1.165) is 46.8 Å². The van der Waals surface area contributed by atoms with Crippen molar-refractivity contribution >= 4 is 99.8 Å². The molecule has 0 amide bonds. The minimum atomic E-state index is -0.890. The van der Waals surface area contributed by atoms with Crippen LogP contribution in [0.25, 0.3) is 10.2 Å². The third-order valence-electron chi connectivity index (χ3n) is 6.05. The van der Waals surface area contributed by atoms with Gasteiger partial charge >= 0.3 is 0 Å². The number of fused-ring (bicyclic) bond motifs is 1. The summed E-state index contributed by atoms with van der Waals surface area (Å²) < 4.78 is 17.8. The molecule has 0 atom stereocenters. The molecule has 0 unspecified atom stereocenters. The number of thiophene rings is 1. The van der Waals surface area contributed by atoms with E-state index in [1.807, 2.05) is 6.07 Å². The highest BCUT2D eigenvalue weighted by molar-refractivity contribution is 14.2. The zero-order valence-electron chi connectivity index (χ0n) is 16.5. The van der Waals surface area contributed by atoms with Crippen LogP contribution < -0.4 is 4.90 Å². The molecule has 3 heterocycles. The monoisotopic (exact) mass is 729 g/mol. The van der Waals surface area contributed by atoms with E-state index < -0.39 is 5.60 Å². The molecule has 1 N–H and O–H groups in total. The summed E-state index contributed by atoms with van der Waals surface area (Å²) in [6, 6.07) is 1.98. The molecule has 4 rings (SSSR count). The first-order chi connectivity index (χ1) is 15.0. The van der Waals surface area contributed by atoms with Crippen molar-refractivity contribution in [3.8, 4) is 0 Å². The Kier molecular flexibility index (Phi) is 9.15. The first kappa shape index (κ1) is 25.2. The van der Waals surface area contributed by atoms with Gasteiger partial charge in [-0.05, 0) is 43.4 Å². The molecule has 172 valence electrons. The van der Waals surface area contributed by atoms with Crippen molar-refractivity contribution in [3.05, 3.63) is 16.2 Å². The second kappa shape index (κ2) is 11.2. The van der Waals surface area contributed by atoms with Gasteiger partial charge in [0.25, 0.3) is 0 Å². The Hall–Kier alpha value is 1.13. The number of morpholine rings is 1. The Morgan fingerprint density at radius 3 is 2.39 bits per heavy atom. The summed E-state index contributed by atoms with van der Waals surface area (Å²) in [5, 5.41) is 11.8. The van der Waals surface area contributed by atoms with Crippen molar-refractivity contribution in [2.45, 2.75) is 31.3 Å². The SMILES string of the molecule is OC1(c2cc3nc(Cl)nc(N4CCOCC4)c3s2)CCC(COSI)(COSI)CC1. The van der Waals surface area contributed by atoms with Gasteiger partial charge in [-0.15, -0.1) is 11.3 Å². The molecule has 13 heteroatoms. The molecule has 0 spiro atoms. The number of aliphatic hydroxyl groups is 1. The van der Waals surface area contributed by atoms with E-state index >= 15 is 0 Å². The fourth-order valence-electron chi connectivity index (χ4n) is 4.17. The predicted octanol–water partition coefficient (Wildman–Crippen LogP) is 5.96. The summed E-state index contributed by atoms with van der Waals surface area (Å²) in [7, 11) is 2.69. The fourth-order valence-corrected chi connectivity index (χ4v) is 6.95. The summed E-state index contributed by atoms with van der Waals surface area (Å²) >= 11 is 12.1. The highest BCUT2D eigenvalue weighted by Gasteiger charge is 2.44. The predicted molar refractivity (Wildman–Crippen MR) is 145 cm³/mol.